The third-order valence-corrected chi connectivity index (χ3v) is 3.21. The molecule has 0 saturated heterocycles. The fourth-order valence-electron chi connectivity index (χ4n) is 1.94. The molecule has 0 heterocycles. The molecule has 2 N–H and O–H groups in total. The summed E-state index contributed by atoms with van der Waals surface area (Å²) in [4.78, 5) is 6.75. The van der Waals surface area contributed by atoms with Gasteiger partial charge >= 0.3 is 0 Å². The molecule has 6 heteroatoms. The highest BCUT2D eigenvalue weighted by Gasteiger charge is 1.98. The Hall–Kier alpha value is -0.530. The summed E-state index contributed by atoms with van der Waals surface area (Å²) >= 11 is 5.99. The quantitative estimate of drug-likeness (QED) is 0.284. The molecule has 22 heavy (non-hydrogen) atoms. The van der Waals surface area contributed by atoms with Crippen LogP contribution in [0.25, 0.3) is 0 Å². The molecule has 0 unspecified atom stereocenters. The van der Waals surface area contributed by atoms with E-state index in [1.54, 1.807) is 0 Å². The maximum atomic E-state index is 5.99. The summed E-state index contributed by atoms with van der Waals surface area (Å²) in [6, 6.07) is 7.98. The number of aliphatic imine (C=N–C) groups is 1. The Balaban J connectivity index is 0.00000441. The average Bonchev–Trinajstić information content (AvgIpc) is 2.43. The van der Waals surface area contributed by atoms with Crippen molar-refractivity contribution >= 4 is 41.5 Å². The van der Waals surface area contributed by atoms with Gasteiger partial charge in [0.05, 0.1) is 0 Å². The third-order valence-electron chi connectivity index (χ3n) is 2.97. The number of hydrogen-bond acceptors (Lipinski definition) is 2. The summed E-state index contributed by atoms with van der Waals surface area (Å²) in [6.45, 7) is 5.70. The molecule has 1 aromatic rings. The predicted octanol–water partition coefficient (Wildman–Crippen LogP) is 3.01. The van der Waals surface area contributed by atoms with E-state index >= 15 is 0 Å². The molecular formula is C16H28ClIN4. The lowest BCUT2D eigenvalue weighted by Crippen LogP contribution is -2.38. The zero-order valence-electron chi connectivity index (χ0n) is 13.7. The summed E-state index contributed by atoms with van der Waals surface area (Å²) in [5, 5.41) is 7.42. The van der Waals surface area contributed by atoms with Crippen molar-refractivity contribution in [1.29, 1.82) is 0 Å². The normalized spacial score (nSPS) is 11.2. The zero-order chi connectivity index (χ0) is 15.5. The lowest BCUT2D eigenvalue weighted by molar-refractivity contribution is 0.403. The van der Waals surface area contributed by atoms with Crippen molar-refractivity contribution in [3.8, 4) is 0 Å². The van der Waals surface area contributed by atoms with Crippen molar-refractivity contribution in [2.24, 2.45) is 4.99 Å². The van der Waals surface area contributed by atoms with Crippen LogP contribution in [-0.4, -0.2) is 51.1 Å². The van der Waals surface area contributed by atoms with Crippen LogP contribution in [-0.2, 0) is 6.42 Å². The summed E-state index contributed by atoms with van der Waals surface area (Å²) in [5.74, 6) is 0.887. The molecule has 0 bridgehead atoms. The van der Waals surface area contributed by atoms with E-state index in [-0.39, 0.29) is 24.0 Å². The van der Waals surface area contributed by atoms with Gasteiger partial charge < -0.3 is 15.5 Å². The molecule has 0 atom stereocenters. The van der Waals surface area contributed by atoms with Crippen molar-refractivity contribution in [2.75, 3.05) is 40.3 Å². The molecule has 0 amide bonds. The van der Waals surface area contributed by atoms with Gasteiger partial charge in [0.15, 0.2) is 5.96 Å². The molecule has 0 spiro atoms. The highest BCUT2D eigenvalue weighted by atomic mass is 127. The van der Waals surface area contributed by atoms with Gasteiger partial charge in [-0.3, -0.25) is 4.99 Å². The Morgan fingerprint density at radius 2 is 2.05 bits per heavy atom. The van der Waals surface area contributed by atoms with E-state index in [0.29, 0.717) is 0 Å². The van der Waals surface area contributed by atoms with Crippen LogP contribution < -0.4 is 10.6 Å². The number of guanidine groups is 1. The smallest absolute Gasteiger partial charge is 0.191 e. The highest BCUT2D eigenvalue weighted by molar-refractivity contribution is 14.0. The highest BCUT2D eigenvalue weighted by Crippen LogP contribution is 2.10. The number of nitrogens with one attached hydrogen (secondary N) is 2. The van der Waals surface area contributed by atoms with Gasteiger partial charge in [-0.25, -0.2) is 0 Å². The molecule has 4 nitrogen and oxygen atoms in total. The first-order valence-corrected chi connectivity index (χ1v) is 7.91. The largest absolute Gasteiger partial charge is 0.357 e. The molecule has 0 saturated carbocycles. The van der Waals surface area contributed by atoms with Crippen LogP contribution in [0.15, 0.2) is 29.3 Å². The van der Waals surface area contributed by atoms with Crippen LogP contribution in [0.5, 0.6) is 0 Å². The van der Waals surface area contributed by atoms with Crippen molar-refractivity contribution in [1.82, 2.24) is 15.5 Å². The van der Waals surface area contributed by atoms with E-state index in [9.17, 15) is 0 Å². The third kappa shape index (κ3) is 10.2. The number of hydrogen-bond donors (Lipinski definition) is 2. The number of nitrogens with zero attached hydrogens (tertiary/aromatic N) is 2. The standard InChI is InChI=1S/C16H27ClN4.HI/c1-4-18-16(19-10-6-12-21(2)3)20-11-9-14-7-5-8-15(17)13-14;/h5,7-8,13H,4,6,9-12H2,1-3H3,(H2,18,19,20);1H. The van der Waals surface area contributed by atoms with Gasteiger partial charge in [-0.15, -0.1) is 24.0 Å². The number of benzene rings is 1. The maximum absolute atomic E-state index is 5.99. The topological polar surface area (TPSA) is 39.7 Å². The van der Waals surface area contributed by atoms with Crippen LogP contribution in [0, 0.1) is 0 Å². The van der Waals surface area contributed by atoms with Gasteiger partial charge in [0.2, 0.25) is 0 Å². The molecule has 0 aliphatic heterocycles. The molecule has 0 aliphatic rings. The summed E-state index contributed by atoms with van der Waals surface area (Å²) in [6.07, 6.45) is 2.00. The zero-order valence-corrected chi connectivity index (χ0v) is 16.8. The van der Waals surface area contributed by atoms with E-state index in [4.69, 9.17) is 11.6 Å². The summed E-state index contributed by atoms with van der Waals surface area (Å²) < 4.78 is 0. The lowest BCUT2D eigenvalue weighted by atomic mass is 10.1. The monoisotopic (exact) mass is 438 g/mol. The van der Waals surface area contributed by atoms with E-state index < -0.39 is 0 Å². The van der Waals surface area contributed by atoms with Gasteiger partial charge in [0.1, 0.15) is 0 Å². The second-order valence-electron chi connectivity index (χ2n) is 5.22. The lowest BCUT2D eigenvalue weighted by Gasteiger charge is -2.12. The maximum Gasteiger partial charge on any atom is 0.191 e. The first-order chi connectivity index (χ1) is 10.1. The SMILES string of the molecule is CCNC(=NCCCN(C)C)NCCc1cccc(Cl)c1.I. The first kappa shape index (κ1) is 21.5. The summed E-state index contributed by atoms with van der Waals surface area (Å²) in [5.41, 5.74) is 1.23. The fourth-order valence-corrected chi connectivity index (χ4v) is 2.15. The molecular weight excluding hydrogens is 411 g/mol. The minimum atomic E-state index is 0. The summed E-state index contributed by atoms with van der Waals surface area (Å²) in [7, 11) is 4.16. The van der Waals surface area contributed by atoms with Crippen molar-refractivity contribution in [3.05, 3.63) is 34.9 Å². The average molecular weight is 439 g/mol. The molecule has 1 aromatic carbocycles. The second kappa shape index (κ2) is 13.0. The Labute approximate surface area is 156 Å². The molecule has 0 aliphatic carbocycles. The Kier molecular flexibility index (Phi) is 12.6. The Morgan fingerprint density at radius 1 is 1.27 bits per heavy atom. The van der Waals surface area contributed by atoms with Crippen LogP contribution in [0.4, 0.5) is 0 Å². The van der Waals surface area contributed by atoms with Crippen LogP contribution in [0.3, 0.4) is 0 Å². The molecule has 0 radical (unpaired) electrons. The Morgan fingerprint density at radius 3 is 2.68 bits per heavy atom. The second-order valence-corrected chi connectivity index (χ2v) is 5.66. The Bertz CT molecular complexity index is 438. The van der Waals surface area contributed by atoms with E-state index in [1.807, 2.05) is 18.2 Å². The van der Waals surface area contributed by atoms with Crippen molar-refractivity contribution in [3.63, 3.8) is 0 Å². The van der Waals surface area contributed by atoms with Gasteiger partial charge in [-0.1, -0.05) is 23.7 Å². The van der Waals surface area contributed by atoms with Gasteiger partial charge in [-0.05, 0) is 58.1 Å². The van der Waals surface area contributed by atoms with Crippen LogP contribution in [0.1, 0.15) is 18.9 Å². The van der Waals surface area contributed by atoms with E-state index in [1.165, 1.54) is 5.56 Å². The molecule has 0 aromatic heterocycles. The number of rotatable bonds is 8. The minimum absolute atomic E-state index is 0. The van der Waals surface area contributed by atoms with Crippen molar-refractivity contribution in [2.45, 2.75) is 19.8 Å². The first-order valence-electron chi connectivity index (χ1n) is 7.53. The van der Waals surface area contributed by atoms with Gasteiger partial charge in [-0.2, -0.15) is 0 Å². The minimum Gasteiger partial charge on any atom is -0.357 e. The van der Waals surface area contributed by atoms with Gasteiger partial charge in [0.25, 0.3) is 0 Å². The fraction of sp³-hybridized carbons (Fsp3) is 0.562. The van der Waals surface area contributed by atoms with E-state index in [2.05, 4.69) is 47.6 Å². The molecule has 126 valence electrons. The van der Waals surface area contributed by atoms with Gasteiger partial charge in [0, 0.05) is 24.7 Å². The van der Waals surface area contributed by atoms with Crippen LogP contribution >= 0.6 is 35.6 Å². The van der Waals surface area contributed by atoms with E-state index in [0.717, 1.165) is 50.0 Å². The van der Waals surface area contributed by atoms with Crippen molar-refractivity contribution < 1.29 is 0 Å². The predicted molar refractivity (Wildman–Crippen MR) is 108 cm³/mol. The molecule has 0 fully saturated rings. The number of halogens is 2. The molecule has 1 rings (SSSR count). The van der Waals surface area contributed by atoms with Crippen LogP contribution in [0.2, 0.25) is 5.02 Å².